The maximum atomic E-state index is 10.6. The van der Waals surface area contributed by atoms with Crippen LogP contribution in [0.1, 0.15) is 16.7 Å². The molecule has 4 nitrogen and oxygen atoms in total. The summed E-state index contributed by atoms with van der Waals surface area (Å²) >= 11 is 3.45. The number of hydrogen-bond donors (Lipinski definition) is 1. The molecule has 0 aliphatic heterocycles. The van der Waals surface area contributed by atoms with Gasteiger partial charge in [0.25, 0.3) is 0 Å². The van der Waals surface area contributed by atoms with Gasteiger partial charge in [0.15, 0.2) is 11.5 Å². The number of aliphatic carboxylic acids is 1. The number of carboxylic acid groups (broad SMARTS) is 1. The van der Waals surface area contributed by atoms with Crippen LogP contribution in [0.4, 0.5) is 0 Å². The molecule has 23 heavy (non-hydrogen) atoms. The fourth-order valence-electron chi connectivity index (χ4n) is 2.07. The molecule has 0 saturated carbocycles. The van der Waals surface area contributed by atoms with E-state index in [0.29, 0.717) is 28.1 Å². The van der Waals surface area contributed by atoms with Crippen LogP contribution in [0.25, 0.3) is 6.08 Å². The van der Waals surface area contributed by atoms with Crippen LogP contribution in [0.3, 0.4) is 0 Å². The molecule has 2 aromatic carbocycles. The maximum Gasteiger partial charge on any atom is 0.328 e. The molecule has 0 spiro atoms. The Kier molecular flexibility index (Phi) is 5.82. The smallest absolute Gasteiger partial charge is 0.328 e. The van der Waals surface area contributed by atoms with Crippen molar-refractivity contribution in [2.75, 3.05) is 7.11 Å². The molecule has 0 atom stereocenters. The van der Waals surface area contributed by atoms with E-state index in [1.807, 2.05) is 31.2 Å². The lowest BCUT2D eigenvalue weighted by Gasteiger charge is -2.14. The number of hydrogen-bond acceptors (Lipinski definition) is 3. The Balaban J connectivity index is 2.24. The summed E-state index contributed by atoms with van der Waals surface area (Å²) in [6.45, 7) is 2.46. The summed E-state index contributed by atoms with van der Waals surface area (Å²) in [4.78, 5) is 10.6. The number of halogens is 1. The summed E-state index contributed by atoms with van der Waals surface area (Å²) in [6, 6.07) is 11.5. The van der Waals surface area contributed by atoms with E-state index in [1.165, 1.54) is 6.08 Å². The minimum Gasteiger partial charge on any atom is -0.493 e. The van der Waals surface area contributed by atoms with E-state index in [4.69, 9.17) is 14.6 Å². The van der Waals surface area contributed by atoms with Gasteiger partial charge in [-0.25, -0.2) is 4.79 Å². The third kappa shape index (κ3) is 4.60. The van der Waals surface area contributed by atoms with Crippen LogP contribution < -0.4 is 9.47 Å². The molecule has 0 amide bonds. The van der Waals surface area contributed by atoms with E-state index in [1.54, 1.807) is 19.2 Å². The zero-order valence-corrected chi connectivity index (χ0v) is 14.5. The Labute approximate surface area is 143 Å². The minimum atomic E-state index is -1.00. The Bertz CT molecular complexity index is 738. The topological polar surface area (TPSA) is 55.8 Å². The molecule has 0 heterocycles. The zero-order chi connectivity index (χ0) is 16.8. The second-order valence-electron chi connectivity index (χ2n) is 4.92. The van der Waals surface area contributed by atoms with Crippen molar-refractivity contribution in [1.82, 2.24) is 0 Å². The summed E-state index contributed by atoms with van der Waals surface area (Å²) in [6.07, 6.45) is 2.58. The van der Waals surface area contributed by atoms with Crippen molar-refractivity contribution in [3.05, 3.63) is 63.6 Å². The van der Waals surface area contributed by atoms with Crippen LogP contribution in [-0.4, -0.2) is 18.2 Å². The second kappa shape index (κ2) is 7.83. The van der Waals surface area contributed by atoms with Crippen molar-refractivity contribution in [2.24, 2.45) is 0 Å². The number of rotatable bonds is 6. The van der Waals surface area contributed by atoms with Crippen LogP contribution in [0.5, 0.6) is 11.5 Å². The molecule has 120 valence electrons. The molecule has 1 N–H and O–H groups in total. The number of benzene rings is 2. The Morgan fingerprint density at radius 2 is 2.04 bits per heavy atom. The van der Waals surface area contributed by atoms with Gasteiger partial charge in [-0.1, -0.05) is 24.3 Å². The highest BCUT2D eigenvalue weighted by Crippen LogP contribution is 2.37. The summed E-state index contributed by atoms with van der Waals surface area (Å²) in [5, 5.41) is 8.71. The van der Waals surface area contributed by atoms with Crippen molar-refractivity contribution in [3.8, 4) is 11.5 Å². The van der Waals surface area contributed by atoms with Crippen molar-refractivity contribution in [1.29, 1.82) is 0 Å². The fraction of sp³-hybridized carbons (Fsp3) is 0.167. The van der Waals surface area contributed by atoms with Crippen molar-refractivity contribution in [2.45, 2.75) is 13.5 Å². The van der Waals surface area contributed by atoms with Crippen LogP contribution in [0.2, 0.25) is 0 Å². The average Bonchev–Trinajstić information content (AvgIpc) is 2.52. The second-order valence-corrected chi connectivity index (χ2v) is 5.78. The lowest BCUT2D eigenvalue weighted by molar-refractivity contribution is -0.131. The van der Waals surface area contributed by atoms with Gasteiger partial charge >= 0.3 is 5.97 Å². The highest BCUT2D eigenvalue weighted by atomic mass is 79.9. The normalized spacial score (nSPS) is 10.7. The molecule has 0 radical (unpaired) electrons. The quantitative estimate of drug-likeness (QED) is 0.756. The highest BCUT2D eigenvalue weighted by Gasteiger charge is 2.12. The monoisotopic (exact) mass is 376 g/mol. The summed E-state index contributed by atoms with van der Waals surface area (Å²) < 4.78 is 12.0. The van der Waals surface area contributed by atoms with E-state index < -0.39 is 5.97 Å². The first-order valence-electron chi connectivity index (χ1n) is 6.97. The van der Waals surface area contributed by atoms with E-state index in [9.17, 15) is 4.79 Å². The molecule has 2 rings (SSSR count). The van der Waals surface area contributed by atoms with Gasteiger partial charge in [0.2, 0.25) is 0 Å². The zero-order valence-electron chi connectivity index (χ0n) is 12.9. The number of methoxy groups -OCH3 is 1. The van der Waals surface area contributed by atoms with Crippen molar-refractivity contribution < 1.29 is 19.4 Å². The Morgan fingerprint density at radius 1 is 1.30 bits per heavy atom. The number of aryl methyl sites for hydroxylation is 1. The highest BCUT2D eigenvalue weighted by molar-refractivity contribution is 9.10. The fourth-order valence-corrected chi connectivity index (χ4v) is 2.64. The predicted octanol–water partition coefficient (Wildman–Crippen LogP) is 4.44. The van der Waals surface area contributed by atoms with Gasteiger partial charge in [0.1, 0.15) is 6.61 Å². The Hall–Kier alpha value is -2.27. The minimum absolute atomic E-state index is 0.423. The number of carbonyl (C=O) groups is 1. The first kappa shape index (κ1) is 17.1. The molecule has 0 aliphatic rings. The molecule has 0 aliphatic carbocycles. The summed E-state index contributed by atoms with van der Waals surface area (Å²) in [7, 11) is 1.55. The van der Waals surface area contributed by atoms with Crippen LogP contribution in [0.15, 0.2) is 46.9 Å². The summed E-state index contributed by atoms with van der Waals surface area (Å²) in [5.74, 6) is 0.126. The average molecular weight is 377 g/mol. The van der Waals surface area contributed by atoms with Crippen LogP contribution in [0, 0.1) is 6.92 Å². The third-order valence-corrected chi connectivity index (χ3v) is 3.89. The molecule has 0 unspecified atom stereocenters. The van der Waals surface area contributed by atoms with E-state index in [-0.39, 0.29) is 0 Å². The number of ether oxygens (including phenoxy) is 2. The van der Waals surface area contributed by atoms with Gasteiger partial charge in [0.05, 0.1) is 11.6 Å². The Morgan fingerprint density at radius 3 is 2.70 bits per heavy atom. The van der Waals surface area contributed by atoms with E-state index in [2.05, 4.69) is 15.9 Å². The first-order valence-corrected chi connectivity index (χ1v) is 7.76. The van der Waals surface area contributed by atoms with E-state index in [0.717, 1.165) is 17.2 Å². The lowest BCUT2D eigenvalue weighted by Crippen LogP contribution is -2.00. The molecule has 0 saturated heterocycles. The standard InChI is InChI=1S/C18H17BrO4/c1-12-5-3-4-6-14(12)11-23-18-15(19)9-13(7-8-17(20)21)10-16(18)22-2/h3-10H,11H2,1-2H3,(H,20,21). The molecule has 0 fully saturated rings. The SMILES string of the molecule is COc1cc(C=CC(=O)O)cc(Br)c1OCc1ccccc1C. The first-order chi connectivity index (χ1) is 11.0. The van der Waals surface area contributed by atoms with Crippen LogP contribution >= 0.6 is 15.9 Å². The maximum absolute atomic E-state index is 10.6. The van der Waals surface area contributed by atoms with Gasteiger partial charge in [-0.3, -0.25) is 0 Å². The third-order valence-electron chi connectivity index (χ3n) is 3.30. The molecule has 2 aromatic rings. The summed E-state index contributed by atoms with van der Waals surface area (Å²) in [5.41, 5.74) is 2.96. The van der Waals surface area contributed by atoms with Crippen molar-refractivity contribution in [3.63, 3.8) is 0 Å². The van der Waals surface area contributed by atoms with Crippen LogP contribution in [-0.2, 0) is 11.4 Å². The number of carboxylic acids is 1. The van der Waals surface area contributed by atoms with Gasteiger partial charge in [0, 0.05) is 6.08 Å². The molecule has 0 aromatic heterocycles. The van der Waals surface area contributed by atoms with Gasteiger partial charge in [-0.2, -0.15) is 0 Å². The molecule has 0 bridgehead atoms. The van der Waals surface area contributed by atoms with Gasteiger partial charge in [-0.05, 0) is 57.8 Å². The van der Waals surface area contributed by atoms with Gasteiger partial charge in [-0.15, -0.1) is 0 Å². The predicted molar refractivity (Wildman–Crippen MR) is 92.9 cm³/mol. The van der Waals surface area contributed by atoms with Gasteiger partial charge < -0.3 is 14.6 Å². The molecular weight excluding hydrogens is 360 g/mol. The lowest BCUT2D eigenvalue weighted by atomic mass is 10.1. The molecule has 5 heteroatoms. The molecular formula is C18H17BrO4. The van der Waals surface area contributed by atoms with Crippen molar-refractivity contribution >= 4 is 28.0 Å². The van der Waals surface area contributed by atoms with E-state index >= 15 is 0 Å². The largest absolute Gasteiger partial charge is 0.493 e.